The van der Waals surface area contributed by atoms with Gasteiger partial charge in [-0.15, -0.1) is 21.5 Å². The van der Waals surface area contributed by atoms with Gasteiger partial charge in [-0.3, -0.25) is 9.80 Å². The van der Waals surface area contributed by atoms with Crippen LogP contribution in [0.4, 0.5) is 5.69 Å². The number of aryl methyl sites for hydroxylation is 1. The zero-order chi connectivity index (χ0) is 22.1. The number of likely N-dealkylation sites (tertiary alicyclic amines) is 1. The summed E-state index contributed by atoms with van der Waals surface area (Å²) in [6, 6.07) is 11.9. The quantitative estimate of drug-likeness (QED) is 0.637. The van der Waals surface area contributed by atoms with Gasteiger partial charge in [0.1, 0.15) is 6.17 Å². The second-order valence-corrected chi connectivity index (χ2v) is 9.13. The summed E-state index contributed by atoms with van der Waals surface area (Å²) < 4.78 is 5.57. The molecule has 8 nitrogen and oxygen atoms in total. The van der Waals surface area contributed by atoms with Crippen LogP contribution in [0.5, 0.6) is 0 Å². The van der Waals surface area contributed by atoms with E-state index < -0.39 is 0 Å². The number of hydrogen-bond acceptors (Lipinski definition) is 8. The number of benzene rings is 1. The molecule has 2 aliphatic rings. The Hall–Kier alpha value is -3.01. The second-order valence-electron chi connectivity index (χ2n) is 8.19. The van der Waals surface area contributed by atoms with Crippen molar-refractivity contribution >= 4 is 22.9 Å². The van der Waals surface area contributed by atoms with Crippen molar-refractivity contribution in [2.75, 3.05) is 25.1 Å². The smallest absolute Gasteiger partial charge is 0.265 e. The maximum absolute atomic E-state index is 13.5. The van der Waals surface area contributed by atoms with E-state index in [1.807, 2.05) is 64.0 Å². The molecule has 4 heterocycles. The summed E-state index contributed by atoms with van der Waals surface area (Å²) >= 11 is 1.49. The van der Waals surface area contributed by atoms with Crippen LogP contribution in [-0.4, -0.2) is 58.2 Å². The molecule has 0 radical (unpaired) electrons. The zero-order valence-corrected chi connectivity index (χ0v) is 19.0. The molecule has 0 saturated carbocycles. The van der Waals surface area contributed by atoms with Crippen molar-refractivity contribution < 1.29 is 9.21 Å². The lowest BCUT2D eigenvalue weighted by Gasteiger charge is -2.40. The molecule has 1 saturated heterocycles. The third-order valence-electron chi connectivity index (χ3n) is 5.93. The molecule has 166 valence electrons. The molecule has 0 bridgehead atoms. The first-order valence-electron chi connectivity index (χ1n) is 10.8. The number of hydrazine groups is 1. The lowest BCUT2D eigenvalue weighted by Crippen LogP contribution is -2.56. The number of hydrogen-bond donors (Lipinski definition) is 1. The third-order valence-corrected chi connectivity index (χ3v) is 6.79. The van der Waals surface area contributed by atoms with Crippen molar-refractivity contribution in [2.45, 2.75) is 32.0 Å². The highest BCUT2D eigenvalue weighted by molar-refractivity contribution is 7.12. The highest BCUT2D eigenvalue weighted by atomic mass is 32.1. The average Bonchev–Trinajstić information content (AvgIpc) is 3.57. The van der Waals surface area contributed by atoms with E-state index in [9.17, 15) is 4.79 Å². The number of nitrogens with one attached hydrogen (secondary N) is 1. The van der Waals surface area contributed by atoms with E-state index in [1.54, 1.807) is 6.92 Å². The molecular formula is C23H26N6O2S. The summed E-state index contributed by atoms with van der Waals surface area (Å²) in [5.41, 5.74) is 5.28. The number of amides is 1. The van der Waals surface area contributed by atoms with E-state index in [1.165, 1.54) is 11.3 Å². The van der Waals surface area contributed by atoms with Gasteiger partial charge in [-0.2, -0.15) is 0 Å². The van der Waals surface area contributed by atoms with Crippen LogP contribution >= 0.6 is 11.3 Å². The Kier molecular flexibility index (Phi) is 5.77. The first kappa shape index (κ1) is 20.9. The number of piperidine rings is 1. The van der Waals surface area contributed by atoms with Gasteiger partial charge in [-0.25, -0.2) is 5.43 Å². The van der Waals surface area contributed by atoms with Gasteiger partial charge >= 0.3 is 0 Å². The molecule has 1 unspecified atom stereocenters. The Balaban J connectivity index is 1.37. The van der Waals surface area contributed by atoms with Crippen LogP contribution in [0.15, 0.2) is 58.5 Å². The fraction of sp³-hybridized carbons (Fsp3) is 0.348. The molecule has 3 aromatic rings. The minimum atomic E-state index is -0.215. The van der Waals surface area contributed by atoms with Crippen molar-refractivity contribution in [3.8, 4) is 11.5 Å². The zero-order valence-electron chi connectivity index (χ0n) is 18.1. The molecular weight excluding hydrogens is 424 g/mol. The molecule has 5 rings (SSSR count). The fourth-order valence-electron chi connectivity index (χ4n) is 4.23. The molecule has 1 aromatic carbocycles. The molecule has 1 fully saturated rings. The third kappa shape index (κ3) is 4.19. The normalized spacial score (nSPS) is 19.6. The van der Waals surface area contributed by atoms with E-state index in [4.69, 9.17) is 4.42 Å². The van der Waals surface area contributed by atoms with Crippen LogP contribution < -0.4 is 10.4 Å². The van der Waals surface area contributed by atoms with Gasteiger partial charge in [0.05, 0.1) is 10.6 Å². The average molecular weight is 451 g/mol. The Morgan fingerprint density at radius 3 is 2.78 bits per heavy atom. The monoisotopic (exact) mass is 450 g/mol. The number of carbonyl (C=O) groups is 1. The van der Waals surface area contributed by atoms with Crippen molar-refractivity contribution in [3.05, 3.63) is 64.8 Å². The van der Waals surface area contributed by atoms with Gasteiger partial charge in [0, 0.05) is 24.7 Å². The predicted molar refractivity (Wildman–Crippen MR) is 124 cm³/mol. The van der Waals surface area contributed by atoms with Crippen LogP contribution in [0, 0.1) is 6.92 Å². The van der Waals surface area contributed by atoms with Crippen LogP contribution in [-0.2, 0) is 0 Å². The Labute approximate surface area is 191 Å². The highest BCUT2D eigenvalue weighted by Crippen LogP contribution is 2.28. The van der Waals surface area contributed by atoms with E-state index >= 15 is 0 Å². The van der Waals surface area contributed by atoms with Crippen molar-refractivity contribution in [1.29, 1.82) is 0 Å². The number of aromatic nitrogens is 2. The van der Waals surface area contributed by atoms with E-state index in [2.05, 4.69) is 27.6 Å². The maximum atomic E-state index is 13.5. The minimum Gasteiger partial charge on any atom is -0.421 e. The predicted octanol–water partition coefficient (Wildman–Crippen LogP) is 3.51. The van der Waals surface area contributed by atoms with Crippen LogP contribution in [0.25, 0.3) is 11.5 Å². The number of nitrogens with zero attached hydrogens (tertiary/aromatic N) is 5. The van der Waals surface area contributed by atoms with Gasteiger partial charge in [0.2, 0.25) is 11.8 Å². The van der Waals surface area contributed by atoms with E-state index in [-0.39, 0.29) is 18.1 Å². The van der Waals surface area contributed by atoms with Crippen LogP contribution in [0.3, 0.4) is 0 Å². The lowest BCUT2D eigenvalue weighted by molar-refractivity contribution is 0.0492. The van der Waals surface area contributed by atoms with Crippen molar-refractivity contribution in [2.24, 2.45) is 0 Å². The molecule has 9 heteroatoms. The van der Waals surface area contributed by atoms with Gasteiger partial charge in [0.25, 0.3) is 5.91 Å². The molecule has 1 amide bonds. The molecule has 32 heavy (non-hydrogen) atoms. The van der Waals surface area contributed by atoms with Gasteiger partial charge < -0.3 is 14.2 Å². The molecule has 1 N–H and O–H groups in total. The summed E-state index contributed by atoms with van der Waals surface area (Å²) in [6.07, 6.45) is 5.74. The number of carbonyl (C=O) groups excluding carboxylic acids is 1. The Morgan fingerprint density at radius 2 is 2.06 bits per heavy atom. The largest absolute Gasteiger partial charge is 0.421 e. The summed E-state index contributed by atoms with van der Waals surface area (Å²) in [7, 11) is 2.13. The maximum Gasteiger partial charge on any atom is 0.265 e. The molecule has 0 spiro atoms. The Morgan fingerprint density at radius 1 is 1.22 bits per heavy atom. The van der Waals surface area contributed by atoms with Gasteiger partial charge in [-0.05, 0) is 68.7 Å². The number of thiophene rings is 1. The van der Waals surface area contributed by atoms with Crippen molar-refractivity contribution in [3.63, 3.8) is 0 Å². The summed E-state index contributed by atoms with van der Waals surface area (Å²) in [6.45, 7) is 3.76. The SMILES string of the molecule is Cc1nnc(-c2cccc(N3C=CC(N(C(=O)c4cccs4)C4CCN(C)CC4)N3)c2)o1. The molecule has 1 atom stereocenters. The summed E-state index contributed by atoms with van der Waals surface area (Å²) in [5.74, 6) is 1.10. The first-order chi connectivity index (χ1) is 15.6. The molecule has 2 aromatic heterocycles. The summed E-state index contributed by atoms with van der Waals surface area (Å²) in [5, 5.41) is 11.9. The fourth-order valence-corrected chi connectivity index (χ4v) is 4.90. The topological polar surface area (TPSA) is 77.7 Å². The van der Waals surface area contributed by atoms with Gasteiger partial charge in [-0.1, -0.05) is 12.1 Å². The van der Waals surface area contributed by atoms with Crippen LogP contribution in [0.2, 0.25) is 0 Å². The van der Waals surface area contributed by atoms with Gasteiger partial charge in [0.15, 0.2) is 0 Å². The van der Waals surface area contributed by atoms with Crippen LogP contribution in [0.1, 0.15) is 28.4 Å². The standard InChI is InChI=1S/C23H26N6O2S/c1-16-24-25-22(31-16)17-5-3-6-19(15-17)28-13-10-21(26-28)29(18-8-11-27(2)12-9-18)23(30)20-7-4-14-32-20/h3-7,10,13-15,18,21,26H,8-9,11-12H2,1-2H3. The minimum absolute atomic E-state index is 0.0774. The highest BCUT2D eigenvalue weighted by Gasteiger charge is 2.35. The number of rotatable bonds is 5. The van der Waals surface area contributed by atoms with Crippen molar-refractivity contribution in [1.82, 2.24) is 25.4 Å². The Bertz CT molecular complexity index is 1100. The van der Waals surface area contributed by atoms with E-state index in [0.29, 0.717) is 11.8 Å². The number of anilines is 1. The second kappa shape index (κ2) is 8.85. The lowest BCUT2D eigenvalue weighted by atomic mass is 10.0. The first-order valence-corrected chi connectivity index (χ1v) is 11.7. The molecule has 2 aliphatic heterocycles. The van der Waals surface area contributed by atoms with E-state index in [0.717, 1.165) is 42.1 Å². The summed E-state index contributed by atoms with van der Waals surface area (Å²) in [4.78, 5) is 18.6. The molecule has 0 aliphatic carbocycles.